The van der Waals surface area contributed by atoms with Crippen molar-refractivity contribution in [2.45, 2.75) is 19.4 Å². The van der Waals surface area contributed by atoms with E-state index in [1.807, 2.05) is 5.32 Å². The largest absolute Gasteiger partial charge is 0.343 e. The molecule has 1 saturated heterocycles. The lowest BCUT2D eigenvalue weighted by Gasteiger charge is -2.16. The molecule has 7 nitrogen and oxygen atoms in total. The molecule has 0 radical (unpaired) electrons. The molecule has 1 aliphatic heterocycles. The summed E-state index contributed by atoms with van der Waals surface area (Å²) in [7, 11) is 0. The zero-order chi connectivity index (χ0) is 10.7. The van der Waals surface area contributed by atoms with Gasteiger partial charge in [-0.05, 0) is 6.42 Å². The zero-order valence-electron chi connectivity index (χ0n) is 8.15. The van der Waals surface area contributed by atoms with E-state index < -0.39 is 23.9 Å². The highest BCUT2D eigenvalue weighted by molar-refractivity contribution is 6.02. The van der Waals surface area contributed by atoms with E-state index in [1.54, 1.807) is 6.92 Å². The van der Waals surface area contributed by atoms with Gasteiger partial charge >= 0.3 is 6.03 Å². The maximum atomic E-state index is 11.2. The second kappa shape index (κ2) is 5.52. The van der Waals surface area contributed by atoms with Gasteiger partial charge in [-0.15, -0.1) is 12.4 Å². The van der Waals surface area contributed by atoms with Crippen LogP contribution in [0.2, 0.25) is 0 Å². The Balaban J connectivity index is 0.00000196. The molecule has 4 N–H and O–H groups in total. The average molecular weight is 237 g/mol. The van der Waals surface area contributed by atoms with Crippen LogP contribution in [-0.2, 0) is 9.59 Å². The van der Waals surface area contributed by atoms with Gasteiger partial charge in [0.05, 0.1) is 6.04 Å². The topological polar surface area (TPSA) is 105 Å². The third kappa shape index (κ3) is 3.37. The summed E-state index contributed by atoms with van der Waals surface area (Å²) in [5, 5.41) is 2.92. The van der Waals surface area contributed by atoms with Crippen molar-refractivity contribution >= 4 is 30.3 Å². The number of imide groups is 1. The van der Waals surface area contributed by atoms with Gasteiger partial charge in [-0.1, -0.05) is 6.92 Å². The van der Waals surface area contributed by atoms with Crippen molar-refractivity contribution in [2.24, 2.45) is 5.73 Å². The van der Waals surface area contributed by atoms with Crippen LogP contribution in [0.5, 0.6) is 0 Å². The zero-order valence-corrected chi connectivity index (χ0v) is 8.97. The van der Waals surface area contributed by atoms with Crippen LogP contribution in [-0.4, -0.2) is 35.4 Å². The highest BCUT2D eigenvalue weighted by Crippen LogP contribution is 1.95. The number of carbonyl (C=O) groups excluding carboxylic acids is 3. The van der Waals surface area contributed by atoms with Crippen molar-refractivity contribution in [1.29, 1.82) is 0 Å². The van der Waals surface area contributed by atoms with Crippen molar-refractivity contribution < 1.29 is 14.4 Å². The van der Waals surface area contributed by atoms with Gasteiger partial charge in [0.1, 0.15) is 6.54 Å². The summed E-state index contributed by atoms with van der Waals surface area (Å²) >= 11 is 0. The van der Waals surface area contributed by atoms with E-state index in [1.165, 1.54) is 0 Å². The smallest absolute Gasteiger partial charge is 0.320 e. The van der Waals surface area contributed by atoms with Crippen LogP contribution in [0.4, 0.5) is 4.79 Å². The molecule has 1 aliphatic rings. The van der Waals surface area contributed by atoms with Gasteiger partial charge in [0.15, 0.2) is 0 Å². The Morgan fingerprint density at radius 2 is 2.27 bits per heavy atom. The molecular weight excluding hydrogens is 224 g/mol. The number of amides is 4. The SMILES string of the molecule is CCC(N)C(=O)NN1CC(=O)NC1=O.Cl. The standard InChI is InChI=1S/C7H12N4O3.ClH/c1-2-4(8)6(13)10-11-3-5(12)9-7(11)14;/h4H,2-3,8H2,1H3,(H,10,13)(H,9,12,14);1H. The van der Waals surface area contributed by atoms with Crippen LogP contribution >= 0.6 is 12.4 Å². The lowest BCUT2D eigenvalue weighted by molar-refractivity contribution is -0.126. The molecule has 1 fully saturated rings. The summed E-state index contributed by atoms with van der Waals surface area (Å²) in [4.78, 5) is 32.9. The lowest BCUT2D eigenvalue weighted by atomic mass is 10.2. The summed E-state index contributed by atoms with van der Waals surface area (Å²) in [6.45, 7) is 1.58. The van der Waals surface area contributed by atoms with Gasteiger partial charge in [0, 0.05) is 0 Å². The van der Waals surface area contributed by atoms with E-state index in [0.717, 1.165) is 5.01 Å². The van der Waals surface area contributed by atoms with Crippen LogP contribution in [0.15, 0.2) is 0 Å². The van der Waals surface area contributed by atoms with Crippen LogP contribution in [0.3, 0.4) is 0 Å². The molecule has 0 spiro atoms. The molecule has 0 aromatic heterocycles. The second-order valence-corrected chi connectivity index (χ2v) is 2.93. The van der Waals surface area contributed by atoms with Crippen molar-refractivity contribution in [2.75, 3.05) is 6.54 Å². The van der Waals surface area contributed by atoms with E-state index in [2.05, 4.69) is 5.43 Å². The molecule has 1 heterocycles. The number of nitrogens with two attached hydrogens (primary N) is 1. The summed E-state index contributed by atoms with van der Waals surface area (Å²) in [6, 6.07) is -1.30. The minimum absolute atomic E-state index is 0. The van der Waals surface area contributed by atoms with Gasteiger partial charge in [0.2, 0.25) is 5.91 Å². The lowest BCUT2D eigenvalue weighted by Crippen LogP contribution is -2.50. The molecule has 8 heteroatoms. The first kappa shape index (κ1) is 13.7. The Kier molecular flexibility index (Phi) is 5.03. The van der Waals surface area contributed by atoms with E-state index in [9.17, 15) is 14.4 Å². The molecule has 0 saturated carbocycles. The number of nitrogens with zero attached hydrogens (tertiary/aromatic N) is 1. The number of urea groups is 1. The first-order chi connectivity index (χ1) is 6.54. The average Bonchev–Trinajstić information content (AvgIpc) is 2.44. The molecule has 86 valence electrons. The monoisotopic (exact) mass is 236 g/mol. The van der Waals surface area contributed by atoms with E-state index in [0.29, 0.717) is 6.42 Å². The Hall–Kier alpha value is -1.34. The first-order valence-corrected chi connectivity index (χ1v) is 4.22. The fourth-order valence-corrected chi connectivity index (χ4v) is 0.933. The Morgan fingerprint density at radius 3 is 2.67 bits per heavy atom. The molecule has 1 rings (SSSR count). The van der Waals surface area contributed by atoms with E-state index in [4.69, 9.17) is 5.73 Å². The van der Waals surface area contributed by atoms with Gasteiger partial charge in [0.25, 0.3) is 5.91 Å². The molecule has 1 unspecified atom stereocenters. The number of halogens is 1. The summed E-state index contributed by atoms with van der Waals surface area (Å²) in [6.07, 6.45) is 0.467. The molecule has 0 aliphatic carbocycles. The molecule has 1 atom stereocenters. The number of hydrogen-bond donors (Lipinski definition) is 3. The predicted octanol–water partition coefficient (Wildman–Crippen LogP) is -1.27. The van der Waals surface area contributed by atoms with Crippen molar-refractivity contribution in [3.05, 3.63) is 0 Å². The van der Waals surface area contributed by atoms with E-state index in [-0.39, 0.29) is 19.0 Å². The fraction of sp³-hybridized carbons (Fsp3) is 0.571. The minimum atomic E-state index is -0.668. The van der Waals surface area contributed by atoms with Gasteiger partial charge in [-0.3, -0.25) is 20.3 Å². The van der Waals surface area contributed by atoms with Crippen molar-refractivity contribution in [3.8, 4) is 0 Å². The molecule has 0 aromatic rings. The number of hydrogen-bond acceptors (Lipinski definition) is 4. The quantitative estimate of drug-likeness (QED) is 0.532. The summed E-state index contributed by atoms with van der Waals surface area (Å²) in [5.41, 5.74) is 7.67. The van der Waals surface area contributed by atoms with E-state index >= 15 is 0 Å². The minimum Gasteiger partial charge on any atom is -0.320 e. The Morgan fingerprint density at radius 1 is 1.67 bits per heavy atom. The van der Waals surface area contributed by atoms with Crippen LogP contribution in [0.1, 0.15) is 13.3 Å². The van der Waals surface area contributed by atoms with Crippen LogP contribution < -0.4 is 16.5 Å². The fourth-order valence-electron chi connectivity index (χ4n) is 0.933. The van der Waals surface area contributed by atoms with Gasteiger partial charge in [-0.2, -0.15) is 0 Å². The maximum absolute atomic E-state index is 11.2. The van der Waals surface area contributed by atoms with Crippen molar-refractivity contribution in [1.82, 2.24) is 15.8 Å². The van der Waals surface area contributed by atoms with Gasteiger partial charge < -0.3 is 5.73 Å². The first-order valence-electron chi connectivity index (χ1n) is 4.22. The Labute approximate surface area is 92.7 Å². The van der Waals surface area contributed by atoms with Crippen LogP contribution in [0.25, 0.3) is 0 Å². The highest BCUT2D eigenvalue weighted by Gasteiger charge is 2.28. The third-order valence-corrected chi connectivity index (χ3v) is 1.81. The third-order valence-electron chi connectivity index (χ3n) is 1.81. The second-order valence-electron chi connectivity index (χ2n) is 2.93. The normalized spacial score (nSPS) is 16.8. The van der Waals surface area contributed by atoms with Gasteiger partial charge in [-0.25, -0.2) is 9.80 Å². The Bertz CT molecular complexity index is 283. The van der Waals surface area contributed by atoms with Crippen molar-refractivity contribution in [3.63, 3.8) is 0 Å². The predicted molar refractivity (Wildman–Crippen MR) is 53.9 cm³/mol. The number of carbonyl (C=O) groups is 3. The maximum Gasteiger partial charge on any atom is 0.343 e. The summed E-state index contributed by atoms with van der Waals surface area (Å²) < 4.78 is 0. The molecule has 0 bridgehead atoms. The molecular formula is C7H13ClN4O3. The summed E-state index contributed by atoms with van der Waals surface area (Å²) in [5.74, 6) is -0.919. The number of rotatable bonds is 3. The van der Waals surface area contributed by atoms with Crippen LogP contribution in [0, 0.1) is 0 Å². The molecule has 4 amide bonds. The molecule has 15 heavy (non-hydrogen) atoms. The molecule has 0 aromatic carbocycles. The highest BCUT2D eigenvalue weighted by atomic mass is 35.5. The number of nitrogens with one attached hydrogen (secondary N) is 2. The number of hydrazine groups is 1.